The van der Waals surface area contributed by atoms with Gasteiger partial charge in [0.05, 0.1) is 29.7 Å². The number of nitrogens with zero attached hydrogens (tertiary/aromatic N) is 5. The minimum atomic E-state index is -0.00106. The minimum absolute atomic E-state index is 0.00106. The maximum Gasteiger partial charge on any atom is 0.163 e. The van der Waals surface area contributed by atoms with Gasteiger partial charge in [-0.2, -0.15) is 5.10 Å². The van der Waals surface area contributed by atoms with Crippen LogP contribution in [0.4, 0.5) is 5.82 Å². The number of ether oxygens (including phenoxy) is 1. The molecule has 23 heavy (non-hydrogen) atoms. The molecule has 0 saturated carbocycles. The Balaban J connectivity index is 1.93. The number of Topliss-reactive ketones (excluding diaryl/α,β-unsaturated/α-hetero) is 1. The summed E-state index contributed by atoms with van der Waals surface area (Å²) in [7, 11) is 0. The van der Waals surface area contributed by atoms with Crippen LogP contribution >= 0.6 is 0 Å². The number of hydrogen-bond acceptors (Lipinski definition) is 6. The number of hydrogen-bond donors (Lipinski definition) is 0. The molecular weight excluding hydrogens is 294 g/mol. The van der Waals surface area contributed by atoms with E-state index < -0.39 is 0 Å². The molecule has 7 nitrogen and oxygen atoms in total. The molecule has 2 atom stereocenters. The number of aromatic nitrogens is 4. The molecule has 3 heterocycles. The molecule has 1 saturated heterocycles. The third kappa shape index (κ3) is 3.10. The highest BCUT2D eigenvalue weighted by atomic mass is 16.5. The van der Waals surface area contributed by atoms with Gasteiger partial charge in [-0.15, -0.1) is 0 Å². The molecule has 1 fully saturated rings. The summed E-state index contributed by atoms with van der Waals surface area (Å²) in [6.45, 7) is 9.10. The van der Waals surface area contributed by atoms with Crippen LogP contribution in [-0.4, -0.2) is 50.8 Å². The molecule has 2 unspecified atom stereocenters. The van der Waals surface area contributed by atoms with Gasteiger partial charge in [0.15, 0.2) is 11.6 Å². The molecule has 0 amide bonds. The molecule has 122 valence electrons. The highest BCUT2D eigenvalue weighted by Crippen LogP contribution is 2.20. The van der Waals surface area contributed by atoms with Crippen LogP contribution in [0.15, 0.2) is 18.6 Å². The fourth-order valence-corrected chi connectivity index (χ4v) is 2.98. The Hall–Kier alpha value is -2.28. The lowest BCUT2D eigenvalue weighted by molar-refractivity contribution is -0.00547. The second-order valence-corrected chi connectivity index (χ2v) is 6.01. The van der Waals surface area contributed by atoms with Gasteiger partial charge < -0.3 is 9.64 Å². The van der Waals surface area contributed by atoms with E-state index in [0.717, 1.165) is 24.6 Å². The first-order valence-corrected chi connectivity index (χ1v) is 7.74. The first-order valence-electron chi connectivity index (χ1n) is 7.74. The van der Waals surface area contributed by atoms with Crippen LogP contribution in [0.2, 0.25) is 0 Å². The second-order valence-electron chi connectivity index (χ2n) is 6.01. The van der Waals surface area contributed by atoms with E-state index in [-0.39, 0.29) is 18.0 Å². The summed E-state index contributed by atoms with van der Waals surface area (Å²) in [5.74, 6) is 1.50. The average Bonchev–Trinajstić information content (AvgIpc) is 2.88. The van der Waals surface area contributed by atoms with E-state index >= 15 is 0 Å². The maximum atomic E-state index is 11.6. The van der Waals surface area contributed by atoms with Crippen molar-refractivity contribution in [2.24, 2.45) is 0 Å². The Kier molecular flexibility index (Phi) is 4.12. The summed E-state index contributed by atoms with van der Waals surface area (Å²) < 4.78 is 7.44. The molecule has 0 aromatic carbocycles. The van der Waals surface area contributed by atoms with Crippen LogP contribution in [-0.2, 0) is 4.74 Å². The molecule has 1 aliphatic heterocycles. The van der Waals surface area contributed by atoms with Crippen molar-refractivity contribution in [3.05, 3.63) is 29.8 Å². The summed E-state index contributed by atoms with van der Waals surface area (Å²) in [5.41, 5.74) is 1.39. The standard InChI is InChI=1S/C16H21N5O2/c1-10-7-20(8-11(2)23-10)15-5-16(18-9-17-15)21-12(3)14(6-19-21)13(4)22/h5-6,9-11H,7-8H2,1-4H3. The van der Waals surface area contributed by atoms with Crippen molar-refractivity contribution >= 4 is 11.6 Å². The van der Waals surface area contributed by atoms with E-state index in [1.807, 2.05) is 13.0 Å². The highest BCUT2D eigenvalue weighted by molar-refractivity contribution is 5.95. The van der Waals surface area contributed by atoms with Gasteiger partial charge in [0.2, 0.25) is 0 Å². The van der Waals surface area contributed by atoms with Crippen molar-refractivity contribution in [2.75, 3.05) is 18.0 Å². The molecule has 3 rings (SSSR count). The Morgan fingerprint density at radius 3 is 2.48 bits per heavy atom. The number of anilines is 1. The van der Waals surface area contributed by atoms with Crippen LogP contribution in [0.1, 0.15) is 36.8 Å². The molecule has 0 radical (unpaired) electrons. The van der Waals surface area contributed by atoms with Gasteiger partial charge in [0, 0.05) is 19.2 Å². The normalized spacial score (nSPS) is 21.5. The predicted molar refractivity (Wildman–Crippen MR) is 86.1 cm³/mol. The van der Waals surface area contributed by atoms with Crippen molar-refractivity contribution < 1.29 is 9.53 Å². The Morgan fingerprint density at radius 1 is 1.22 bits per heavy atom. The molecule has 2 aromatic heterocycles. The van der Waals surface area contributed by atoms with Gasteiger partial charge in [0.1, 0.15) is 12.1 Å². The Labute approximate surface area is 135 Å². The van der Waals surface area contributed by atoms with Gasteiger partial charge in [-0.1, -0.05) is 0 Å². The van der Waals surface area contributed by atoms with Crippen molar-refractivity contribution in [1.82, 2.24) is 19.7 Å². The third-order valence-electron chi connectivity index (χ3n) is 3.99. The van der Waals surface area contributed by atoms with Crippen molar-refractivity contribution in [1.29, 1.82) is 0 Å². The average molecular weight is 315 g/mol. The highest BCUT2D eigenvalue weighted by Gasteiger charge is 2.24. The Morgan fingerprint density at radius 2 is 1.87 bits per heavy atom. The number of carbonyl (C=O) groups excluding carboxylic acids is 1. The SMILES string of the molecule is CC(=O)c1cnn(-c2cc(N3CC(C)OC(C)C3)ncn2)c1C. The molecule has 1 aliphatic rings. The van der Waals surface area contributed by atoms with Crippen LogP contribution < -0.4 is 4.90 Å². The van der Waals surface area contributed by atoms with Gasteiger partial charge in [-0.05, 0) is 27.7 Å². The predicted octanol–water partition coefficient (Wildman–Crippen LogP) is 1.79. The van der Waals surface area contributed by atoms with Gasteiger partial charge >= 0.3 is 0 Å². The van der Waals surface area contributed by atoms with E-state index in [2.05, 4.69) is 33.8 Å². The smallest absolute Gasteiger partial charge is 0.163 e. The van der Waals surface area contributed by atoms with Gasteiger partial charge in [-0.25, -0.2) is 14.6 Å². The van der Waals surface area contributed by atoms with Crippen LogP contribution in [0.5, 0.6) is 0 Å². The number of carbonyl (C=O) groups is 1. The third-order valence-corrected chi connectivity index (χ3v) is 3.99. The summed E-state index contributed by atoms with van der Waals surface area (Å²) in [4.78, 5) is 22.5. The largest absolute Gasteiger partial charge is 0.372 e. The van der Waals surface area contributed by atoms with Crippen molar-refractivity contribution in [3.63, 3.8) is 0 Å². The van der Waals surface area contributed by atoms with Crippen LogP contribution in [0.25, 0.3) is 5.82 Å². The number of morpholine rings is 1. The lowest BCUT2D eigenvalue weighted by atomic mass is 10.2. The molecule has 0 aliphatic carbocycles. The first kappa shape index (κ1) is 15.6. The topological polar surface area (TPSA) is 73.1 Å². The molecule has 0 bridgehead atoms. The lowest BCUT2D eigenvalue weighted by Crippen LogP contribution is -2.45. The lowest BCUT2D eigenvalue weighted by Gasteiger charge is -2.36. The zero-order chi connectivity index (χ0) is 16.6. The molecule has 2 aromatic rings. The monoisotopic (exact) mass is 315 g/mol. The fourth-order valence-electron chi connectivity index (χ4n) is 2.98. The molecule has 0 N–H and O–H groups in total. The fraction of sp³-hybridized carbons (Fsp3) is 0.500. The zero-order valence-electron chi connectivity index (χ0n) is 13.9. The van der Waals surface area contributed by atoms with E-state index in [9.17, 15) is 4.79 Å². The molecule has 0 spiro atoms. The van der Waals surface area contributed by atoms with E-state index in [1.54, 1.807) is 10.9 Å². The van der Waals surface area contributed by atoms with Crippen molar-refractivity contribution in [3.8, 4) is 5.82 Å². The Bertz CT molecular complexity index is 717. The molecule has 7 heteroatoms. The van der Waals surface area contributed by atoms with Crippen LogP contribution in [0, 0.1) is 6.92 Å². The van der Waals surface area contributed by atoms with Crippen LogP contribution in [0.3, 0.4) is 0 Å². The second kappa shape index (κ2) is 6.08. The van der Waals surface area contributed by atoms with Crippen molar-refractivity contribution in [2.45, 2.75) is 39.9 Å². The van der Waals surface area contributed by atoms with Gasteiger partial charge in [-0.3, -0.25) is 4.79 Å². The quantitative estimate of drug-likeness (QED) is 0.804. The van der Waals surface area contributed by atoms with Gasteiger partial charge in [0.25, 0.3) is 0 Å². The van der Waals surface area contributed by atoms with E-state index in [1.165, 1.54) is 13.3 Å². The van der Waals surface area contributed by atoms with E-state index in [0.29, 0.717) is 11.4 Å². The van der Waals surface area contributed by atoms with E-state index in [4.69, 9.17) is 4.74 Å². The summed E-state index contributed by atoms with van der Waals surface area (Å²) >= 11 is 0. The minimum Gasteiger partial charge on any atom is -0.372 e. The first-order chi connectivity index (χ1) is 11.0. The number of rotatable bonds is 3. The molecular formula is C16H21N5O2. The zero-order valence-corrected chi connectivity index (χ0v) is 13.9. The summed E-state index contributed by atoms with van der Waals surface area (Å²) in [6.07, 6.45) is 3.43. The number of ketones is 1. The summed E-state index contributed by atoms with van der Waals surface area (Å²) in [5, 5.41) is 4.29. The maximum absolute atomic E-state index is 11.6. The summed E-state index contributed by atoms with van der Waals surface area (Å²) in [6, 6.07) is 1.90.